The molecule has 1 aliphatic heterocycles. The Morgan fingerprint density at radius 1 is 1.25 bits per heavy atom. The third kappa shape index (κ3) is 6.04. The number of nitrogens with one attached hydrogen (secondary N) is 2. The maximum absolute atomic E-state index is 4.37. The first kappa shape index (κ1) is 20.8. The number of guanidine groups is 1. The van der Waals surface area contributed by atoms with Crippen LogP contribution in [0.5, 0.6) is 0 Å². The van der Waals surface area contributed by atoms with Gasteiger partial charge in [0, 0.05) is 56.7 Å². The summed E-state index contributed by atoms with van der Waals surface area (Å²) in [6.07, 6.45) is 4.94. The highest BCUT2D eigenvalue weighted by Crippen LogP contribution is 2.16. The van der Waals surface area contributed by atoms with Gasteiger partial charge in [-0.05, 0) is 30.5 Å². The molecule has 2 aromatic rings. The average molecular weight is 448 g/mol. The molecule has 0 bridgehead atoms. The summed E-state index contributed by atoms with van der Waals surface area (Å²) in [4.78, 5) is 6.90. The Morgan fingerprint density at radius 2 is 2.00 bits per heavy atom. The van der Waals surface area contributed by atoms with Crippen LogP contribution < -0.4 is 10.6 Å². The standard InChI is InChI=1S/C20H30BrN7/c1-3-19-26-24-15-28(19)13-10-23-20(22-2)25-18-8-11-27(12-9-18)14-16-4-6-17(21)7-5-16/h4-7,15,18H,3,8-14H2,1-2H3,(H2,22,23,25). The Morgan fingerprint density at radius 3 is 2.68 bits per heavy atom. The van der Waals surface area contributed by atoms with Gasteiger partial charge in [-0.2, -0.15) is 0 Å². The van der Waals surface area contributed by atoms with Gasteiger partial charge in [-0.3, -0.25) is 9.89 Å². The van der Waals surface area contributed by atoms with E-state index in [1.807, 2.05) is 7.05 Å². The molecule has 7 nitrogen and oxygen atoms in total. The van der Waals surface area contributed by atoms with Crippen LogP contribution in [0.1, 0.15) is 31.2 Å². The number of hydrogen-bond acceptors (Lipinski definition) is 4. The number of piperidine rings is 1. The smallest absolute Gasteiger partial charge is 0.191 e. The first-order valence-electron chi connectivity index (χ1n) is 9.98. The molecular weight excluding hydrogens is 418 g/mol. The number of halogens is 1. The van der Waals surface area contributed by atoms with Crippen LogP contribution in [0.2, 0.25) is 0 Å². The normalized spacial score (nSPS) is 16.3. The Bertz CT molecular complexity index is 748. The van der Waals surface area contributed by atoms with E-state index >= 15 is 0 Å². The van der Waals surface area contributed by atoms with E-state index < -0.39 is 0 Å². The van der Waals surface area contributed by atoms with Gasteiger partial charge in [0.2, 0.25) is 0 Å². The van der Waals surface area contributed by atoms with Gasteiger partial charge in [-0.15, -0.1) is 10.2 Å². The Balaban J connectivity index is 1.38. The number of hydrogen-bond donors (Lipinski definition) is 2. The fourth-order valence-corrected chi connectivity index (χ4v) is 3.77. The highest BCUT2D eigenvalue weighted by Gasteiger charge is 2.20. The van der Waals surface area contributed by atoms with Crippen molar-refractivity contribution in [1.29, 1.82) is 0 Å². The molecule has 0 spiro atoms. The molecule has 8 heteroatoms. The molecule has 2 heterocycles. The predicted octanol–water partition coefficient (Wildman–Crippen LogP) is 2.43. The molecule has 0 unspecified atom stereocenters. The minimum atomic E-state index is 0.466. The second-order valence-corrected chi connectivity index (χ2v) is 8.03. The summed E-state index contributed by atoms with van der Waals surface area (Å²) in [6, 6.07) is 9.08. The van der Waals surface area contributed by atoms with E-state index in [1.54, 1.807) is 6.33 Å². The molecule has 152 valence electrons. The van der Waals surface area contributed by atoms with Crippen LogP contribution in [-0.4, -0.2) is 58.3 Å². The van der Waals surface area contributed by atoms with Crippen LogP contribution >= 0.6 is 15.9 Å². The third-order valence-electron chi connectivity index (χ3n) is 5.13. The van der Waals surface area contributed by atoms with Gasteiger partial charge in [0.25, 0.3) is 0 Å². The van der Waals surface area contributed by atoms with Crippen LogP contribution in [-0.2, 0) is 19.5 Å². The fraction of sp³-hybridized carbons (Fsp3) is 0.550. The minimum Gasteiger partial charge on any atom is -0.355 e. The van der Waals surface area contributed by atoms with E-state index in [4.69, 9.17) is 0 Å². The Hall–Kier alpha value is -1.93. The van der Waals surface area contributed by atoms with Gasteiger partial charge >= 0.3 is 0 Å². The van der Waals surface area contributed by atoms with Crippen LogP contribution in [0.25, 0.3) is 0 Å². The van der Waals surface area contributed by atoms with E-state index in [-0.39, 0.29) is 0 Å². The second kappa shape index (κ2) is 10.6. The highest BCUT2D eigenvalue weighted by atomic mass is 79.9. The molecule has 1 aromatic carbocycles. The van der Waals surface area contributed by atoms with E-state index in [0.29, 0.717) is 6.04 Å². The molecule has 1 aliphatic rings. The van der Waals surface area contributed by atoms with E-state index in [2.05, 4.69) is 82.4 Å². The number of benzene rings is 1. The molecule has 2 N–H and O–H groups in total. The van der Waals surface area contributed by atoms with E-state index in [0.717, 1.165) is 68.2 Å². The van der Waals surface area contributed by atoms with Crippen molar-refractivity contribution < 1.29 is 0 Å². The summed E-state index contributed by atoms with van der Waals surface area (Å²) >= 11 is 3.50. The number of aliphatic imine (C=N–C) groups is 1. The summed E-state index contributed by atoms with van der Waals surface area (Å²) in [5, 5.41) is 15.1. The van der Waals surface area contributed by atoms with Gasteiger partial charge in [0.15, 0.2) is 5.96 Å². The lowest BCUT2D eigenvalue weighted by Gasteiger charge is -2.33. The molecule has 0 aliphatic carbocycles. The van der Waals surface area contributed by atoms with Crippen LogP contribution in [0.15, 0.2) is 40.1 Å². The minimum absolute atomic E-state index is 0.466. The topological polar surface area (TPSA) is 70.4 Å². The molecule has 0 atom stereocenters. The number of likely N-dealkylation sites (tertiary alicyclic amines) is 1. The second-order valence-electron chi connectivity index (χ2n) is 7.11. The third-order valence-corrected chi connectivity index (χ3v) is 5.66. The van der Waals surface area contributed by atoms with Gasteiger partial charge < -0.3 is 15.2 Å². The summed E-state index contributed by atoms with van der Waals surface area (Å²) in [5.74, 6) is 1.89. The molecule has 1 fully saturated rings. The van der Waals surface area contributed by atoms with Gasteiger partial charge in [-0.1, -0.05) is 35.0 Å². The molecular formula is C20H30BrN7. The number of aryl methyl sites for hydroxylation is 1. The van der Waals surface area contributed by atoms with Gasteiger partial charge in [0.1, 0.15) is 12.2 Å². The van der Waals surface area contributed by atoms with Crippen molar-refractivity contribution in [3.8, 4) is 0 Å². The first-order valence-corrected chi connectivity index (χ1v) is 10.8. The molecule has 1 aromatic heterocycles. The summed E-state index contributed by atoms with van der Waals surface area (Å²) in [5.41, 5.74) is 1.37. The zero-order chi connectivity index (χ0) is 19.8. The van der Waals surface area contributed by atoms with Crippen molar-refractivity contribution in [1.82, 2.24) is 30.3 Å². The van der Waals surface area contributed by atoms with E-state index in [9.17, 15) is 0 Å². The van der Waals surface area contributed by atoms with Crippen molar-refractivity contribution in [3.63, 3.8) is 0 Å². The van der Waals surface area contributed by atoms with Crippen LogP contribution in [0, 0.1) is 0 Å². The highest BCUT2D eigenvalue weighted by molar-refractivity contribution is 9.10. The summed E-state index contributed by atoms with van der Waals surface area (Å²) in [7, 11) is 1.83. The zero-order valence-corrected chi connectivity index (χ0v) is 18.3. The van der Waals surface area contributed by atoms with Crippen molar-refractivity contribution in [3.05, 3.63) is 46.5 Å². The lowest BCUT2D eigenvalue weighted by atomic mass is 10.0. The SMILES string of the molecule is CCc1nncn1CCNC(=NC)NC1CCN(Cc2ccc(Br)cc2)CC1. The van der Waals surface area contributed by atoms with Crippen molar-refractivity contribution in [2.75, 3.05) is 26.7 Å². The average Bonchev–Trinajstić information content (AvgIpc) is 3.18. The molecule has 0 radical (unpaired) electrons. The van der Waals surface area contributed by atoms with Crippen molar-refractivity contribution in [2.45, 2.75) is 45.3 Å². The molecule has 0 saturated carbocycles. The molecule has 0 amide bonds. The number of rotatable bonds is 7. The van der Waals surface area contributed by atoms with Crippen molar-refractivity contribution >= 4 is 21.9 Å². The van der Waals surface area contributed by atoms with Gasteiger partial charge in [0.05, 0.1) is 0 Å². The maximum atomic E-state index is 4.37. The molecule has 28 heavy (non-hydrogen) atoms. The van der Waals surface area contributed by atoms with Crippen molar-refractivity contribution in [2.24, 2.45) is 4.99 Å². The van der Waals surface area contributed by atoms with E-state index in [1.165, 1.54) is 5.56 Å². The maximum Gasteiger partial charge on any atom is 0.191 e. The van der Waals surface area contributed by atoms with Crippen LogP contribution in [0.3, 0.4) is 0 Å². The Kier molecular flexibility index (Phi) is 7.85. The summed E-state index contributed by atoms with van der Waals surface area (Å²) in [6.45, 7) is 6.95. The zero-order valence-electron chi connectivity index (χ0n) is 16.7. The number of aromatic nitrogens is 3. The first-order chi connectivity index (χ1) is 13.7. The fourth-order valence-electron chi connectivity index (χ4n) is 3.51. The summed E-state index contributed by atoms with van der Waals surface area (Å²) < 4.78 is 3.22. The molecule has 1 saturated heterocycles. The Labute approximate surface area is 175 Å². The lowest BCUT2D eigenvalue weighted by Crippen LogP contribution is -2.49. The predicted molar refractivity (Wildman–Crippen MR) is 116 cm³/mol. The lowest BCUT2D eigenvalue weighted by molar-refractivity contribution is 0.198. The quantitative estimate of drug-likeness (QED) is 0.503. The molecule has 3 rings (SSSR count). The largest absolute Gasteiger partial charge is 0.355 e. The number of nitrogens with zero attached hydrogens (tertiary/aromatic N) is 5. The van der Waals surface area contributed by atoms with Gasteiger partial charge in [-0.25, -0.2) is 0 Å². The van der Waals surface area contributed by atoms with Crippen LogP contribution in [0.4, 0.5) is 0 Å². The monoisotopic (exact) mass is 447 g/mol.